The molecule has 3 heteroatoms. The van der Waals surface area contributed by atoms with Crippen LogP contribution in [0.1, 0.15) is 18.2 Å². The van der Waals surface area contributed by atoms with E-state index in [1.54, 1.807) is 0 Å². The molecule has 0 amide bonds. The number of hydrogen-bond donors (Lipinski definition) is 0. The van der Waals surface area contributed by atoms with Crippen molar-refractivity contribution in [1.29, 1.82) is 0 Å². The first-order valence-corrected chi connectivity index (χ1v) is 9.15. The molecule has 130 valence electrons. The first-order valence-electron chi connectivity index (χ1n) is 9.15. The highest BCUT2D eigenvalue weighted by Gasteiger charge is 2.17. The number of fused-ring (bicyclic) bond motifs is 4. The zero-order chi connectivity index (χ0) is 18.4. The Balaban J connectivity index is 1.92. The molecular weight excluding hydrogens is 330 g/mol. The van der Waals surface area contributed by atoms with Crippen LogP contribution in [-0.2, 0) is 0 Å². The van der Waals surface area contributed by atoms with E-state index in [1.165, 1.54) is 21.7 Å². The van der Waals surface area contributed by atoms with E-state index in [0.29, 0.717) is 5.95 Å². The van der Waals surface area contributed by atoms with Crippen molar-refractivity contribution in [1.82, 2.24) is 14.5 Å². The lowest BCUT2D eigenvalue weighted by Gasteiger charge is -2.08. The average Bonchev–Trinajstić information content (AvgIpc) is 3.00. The van der Waals surface area contributed by atoms with Gasteiger partial charge in [0.05, 0.1) is 16.7 Å². The van der Waals surface area contributed by atoms with E-state index >= 15 is 0 Å². The fraction of sp³-hybridized carbons (Fsp3) is 0.0833. The van der Waals surface area contributed by atoms with Gasteiger partial charge in [0.1, 0.15) is 0 Å². The topological polar surface area (TPSA) is 30.7 Å². The number of allylic oxidation sites excluding steroid dienone is 1. The van der Waals surface area contributed by atoms with Crippen LogP contribution < -0.4 is 0 Å². The van der Waals surface area contributed by atoms with E-state index in [-0.39, 0.29) is 0 Å². The fourth-order valence-electron chi connectivity index (χ4n) is 3.91. The van der Waals surface area contributed by atoms with Crippen LogP contribution >= 0.6 is 0 Å². The molecule has 3 nitrogen and oxygen atoms in total. The Hall–Kier alpha value is -3.46. The normalized spacial score (nSPS) is 11.9. The summed E-state index contributed by atoms with van der Waals surface area (Å²) in [5.74, 6) is 0.704. The Kier molecular flexibility index (Phi) is 3.54. The number of para-hydroxylation sites is 1. The van der Waals surface area contributed by atoms with Gasteiger partial charge in [-0.1, -0.05) is 54.6 Å². The zero-order valence-electron chi connectivity index (χ0n) is 15.3. The molecule has 5 rings (SSSR count). The van der Waals surface area contributed by atoms with E-state index in [2.05, 4.69) is 65.0 Å². The van der Waals surface area contributed by atoms with Crippen LogP contribution in [0.2, 0.25) is 0 Å². The summed E-state index contributed by atoms with van der Waals surface area (Å²) in [4.78, 5) is 9.53. The predicted molar refractivity (Wildman–Crippen MR) is 113 cm³/mol. The maximum absolute atomic E-state index is 4.85. The highest BCUT2D eigenvalue weighted by Crippen LogP contribution is 2.34. The van der Waals surface area contributed by atoms with Crippen molar-refractivity contribution < 1.29 is 0 Å². The third kappa shape index (κ3) is 2.36. The number of hydrogen-bond acceptors (Lipinski definition) is 2. The van der Waals surface area contributed by atoms with Crippen molar-refractivity contribution in [3.63, 3.8) is 0 Å². The molecule has 0 saturated heterocycles. The van der Waals surface area contributed by atoms with Gasteiger partial charge in [-0.15, -0.1) is 0 Å². The van der Waals surface area contributed by atoms with Crippen LogP contribution in [-0.4, -0.2) is 14.5 Å². The molecule has 27 heavy (non-hydrogen) atoms. The van der Waals surface area contributed by atoms with Crippen molar-refractivity contribution in [2.75, 3.05) is 0 Å². The molecule has 5 aromatic rings. The SMILES string of the molecule is C/C=C\c1c(C)c2c3ccccc3ccc2n1-c1ncc2ccccc2n1. The number of nitrogens with zero attached hydrogens (tertiary/aromatic N) is 3. The molecule has 0 saturated carbocycles. The predicted octanol–water partition coefficient (Wildman–Crippen LogP) is 6.07. The van der Waals surface area contributed by atoms with Crippen LogP contribution in [0.3, 0.4) is 0 Å². The molecule has 0 unspecified atom stereocenters. The average molecular weight is 349 g/mol. The lowest BCUT2D eigenvalue weighted by Crippen LogP contribution is -2.03. The quantitative estimate of drug-likeness (QED) is 0.387. The summed E-state index contributed by atoms with van der Waals surface area (Å²) in [7, 11) is 0. The van der Waals surface area contributed by atoms with E-state index in [1.807, 2.05) is 37.4 Å². The molecular formula is C24H19N3. The number of rotatable bonds is 2. The second kappa shape index (κ2) is 6.06. The van der Waals surface area contributed by atoms with E-state index in [0.717, 1.165) is 22.1 Å². The second-order valence-electron chi connectivity index (χ2n) is 6.76. The minimum Gasteiger partial charge on any atom is -0.278 e. The molecule has 2 aromatic heterocycles. The lowest BCUT2D eigenvalue weighted by atomic mass is 10.0. The van der Waals surface area contributed by atoms with Crippen LogP contribution in [0.4, 0.5) is 0 Å². The van der Waals surface area contributed by atoms with Gasteiger partial charge in [0.2, 0.25) is 5.95 Å². The van der Waals surface area contributed by atoms with Gasteiger partial charge >= 0.3 is 0 Å². The van der Waals surface area contributed by atoms with Gasteiger partial charge in [0.25, 0.3) is 0 Å². The second-order valence-corrected chi connectivity index (χ2v) is 6.76. The summed E-state index contributed by atoms with van der Waals surface area (Å²) in [6, 6.07) is 21.0. The molecule has 0 N–H and O–H groups in total. The van der Waals surface area contributed by atoms with Crippen LogP contribution in [0, 0.1) is 6.92 Å². The molecule has 0 fully saturated rings. The molecule has 0 atom stereocenters. The van der Waals surface area contributed by atoms with Crippen LogP contribution in [0.15, 0.2) is 72.9 Å². The molecule has 2 heterocycles. The van der Waals surface area contributed by atoms with E-state index in [4.69, 9.17) is 4.98 Å². The summed E-state index contributed by atoms with van der Waals surface area (Å²) in [6.45, 7) is 4.22. The lowest BCUT2D eigenvalue weighted by molar-refractivity contribution is 0.966. The number of benzene rings is 3. The van der Waals surface area contributed by atoms with Gasteiger partial charge in [-0.3, -0.25) is 4.57 Å². The van der Waals surface area contributed by atoms with E-state index < -0.39 is 0 Å². The minimum atomic E-state index is 0.704. The van der Waals surface area contributed by atoms with Gasteiger partial charge in [-0.25, -0.2) is 9.97 Å². The first-order chi connectivity index (χ1) is 13.3. The van der Waals surface area contributed by atoms with E-state index in [9.17, 15) is 0 Å². The number of aryl methyl sites for hydroxylation is 1. The first kappa shape index (κ1) is 15.8. The standard InChI is InChI=1S/C24H19N3/c1-3-8-21-16(2)23-19-11-6-4-9-17(19)13-14-22(23)27(21)24-25-15-18-10-5-7-12-20(18)26-24/h3-15H,1-2H3/b8-3-. The highest BCUT2D eigenvalue weighted by molar-refractivity contribution is 6.10. The van der Waals surface area contributed by atoms with Crippen molar-refractivity contribution in [3.05, 3.63) is 84.2 Å². The Morgan fingerprint density at radius 3 is 2.52 bits per heavy atom. The Morgan fingerprint density at radius 1 is 0.889 bits per heavy atom. The molecule has 0 radical (unpaired) electrons. The highest BCUT2D eigenvalue weighted by atomic mass is 15.2. The Bertz CT molecular complexity index is 1340. The van der Waals surface area contributed by atoms with Crippen molar-refractivity contribution in [2.24, 2.45) is 0 Å². The van der Waals surface area contributed by atoms with Crippen LogP contribution in [0.25, 0.3) is 44.6 Å². The molecule has 0 aliphatic rings. The van der Waals surface area contributed by atoms with Gasteiger partial charge in [0.15, 0.2) is 0 Å². The molecule has 0 spiro atoms. The van der Waals surface area contributed by atoms with Gasteiger partial charge in [-0.05, 0) is 48.4 Å². The smallest absolute Gasteiger partial charge is 0.235 e. The van der Waals surface area contributed by atoms with Gasteiger partial charge in [0, 0.05) is 17.0 Å². The summed E-state index contributed by atoms with van der Waals surface area (Å²) in [5, 5.41) is 4.82. The molecule has 0 aliphatic heterocycles. The molecule has 0 bridgehead atoms. The van der Waals surface area contributed by atoms with Crippen molar-refractivity contribution in [3.8, 4) is 5.95 Å². The third-order valence-corrected chi connectivity index (χ3v) is 5.15. The molecule has 0 aliphatic carbocycles. The fourth-order valence-corrected chi connectivity index (χ4v) is 3.91. The monoisotopic (exact) mass is 349 g/mol. The minimum absolute atomic E-state index is 0.704. The summed E-state index contributed by atoms with van der Waals surface area (Å²) in [5.41, 5.74) is 4.46. The van der Waals surface area contributed by atoms with Crippen molar-refractivity contribution >= 4 is 38.7 Å². The van der Waals surface area contributed by atoms with Crippen molar-refractivity contribution in [2.45, 2.75) is 13.8 Å². The largest absolute Gasteiger partial charge is 0.278 e. The third-order valence-electron chi connectivity index (χ3n) is 5.15. The summed E-state index contributed by atoms with van der Waals surface area (Å²) >= 11 is 0. The molecule has 3 aromatic carbocycles. The Morgan fingerprint density at radius 2 is 1.67 bits per heavy atom. The maximum atomic E-state index is 4.85. The zero-order valence-corrected chi connectivity index (χ0v) is 15.3. The van der Waals surface area contributed by atoms with Gasteiger partial charge < -0.3 is 0 Å². The van der Waals surface area contributed by atoms with Gasteiger partial charge in [-0.2, -0.15) is 0 Å². The summed E-state index contributed by atoms with van der Waals surface area (Å²) in [6.07, 6.45) is 6.11. The number of aromatic nitrogens is 3. The maximum Gasteiger partial charge on any atom is 0.235 e. The Labute approximate surface area is 157 Å². The summed E-state index contributed by atoms with van der Waals surface area (Å²) < 4.78 is 2.17. The van der Waals surface area contributed by atoms with Crippen LogP contribution in [0.5, 0.6) is 0 Å².